The number of alkyl carbamates (subject to hydrolysis) is 1. The van der Waals surface area contributed by atoms with Crippen LogP contribution in [0.1, 0.15) is 117 Å². The third-order valence-electron chi connectivity index (χ3n) is 6.27. The number of amides is 3. The summed E-state index contributed by atoms with van der Waals surface area (Å²) in [6.45, 7) is 17.5. The summed E-state index contributed by atoms with van der Waals surface area (Å²) in [4.78, 5) is 41.6. The second-order valence-electron chi connectivity index (χ2n) is 11.1. The van der Waals surface area contributed by atoms with E-state index >= 15 is 0 Å². The number of ether oxygens (including phenoxy) is 1. The van der Waals surface area contributed by atoms with Gasteiger partial charge in [-0.1, -0.05) is 83.2 Å². The van der Waals surface area contributed by atoms with Crippen molar-refractivity contribution in [2.24, 2.45) is 0 Å². The van der Waals surface area contributed by atoms with Gasteiger partial charge in [0.25, 0.3) is 0 Å². The van der Waals surface area contributed by atoms with Crippen molar-refractivity contribution in [1.82, 2.24) is 15.5 Å². The minimum Gasteiger partial charge on any atom is -0.444 e. The highest BCUT2D eigenvalue weighted by atomic mass is 16.6. The number of hydrogen-bond acceptors (Lipinski definition) is 4. The van der Waals surface area contributed by atoms with Gasteiger partial charge in [0.2, 0.25) is 11.8 Å². The fourth-order valence-corrected chi connectivity index (χ4v) is 4.38. The molecule has 38 heavy (non-hydrogen) atoms. The van der Waals surface area contributed by atoms with Crippen molar-refractivity contribution in [3.05, 3.63) is 42.0 Å². The van der Waals surface area contributed by atoms with E-state index in [1.807, 2.05) is 31.2 Å². The van der Waals surface area contributed by atoms with E-state index in [1.165, 1.54) is 6.42 Å². The average Bonchev–Trinajstić information content (AvgIpc) is 2.83. The molecule has 0 saturated carbocycles. The Kier molecular flexibility index (Phi) is 14.8. The lowest BCUT2D eigenvalue weighted by molar-refractivity contribution is -0.142. The molecule has 0 fully saturated rings. The first-order chi connectivity index (χ1) is 17.9. The molecule has 0 radical (unpaired) electrons. The predicted octanol–water partition coefficient (Wildman–Crippen LogP) is 6.78. The highest BCUT2D eigenvalue weighted by Gasteiger charge is 2.35. The zero-order valence-electron chi connectivity index (χ0n) is 24.8. The molecule has 214 valence electrons. The number of hydrogen-bond donors (Lipinski definition) is 2. The van der Waals surface area contributed by atoms with Crippen molar-refractivity contribution in [3.8, 4) is 0 Å². The van der Waals surface area contributed by atoms with E-state index in [1.54, 1.807) is 38.7 Å². The largest absolute Gasteiger partial charge is 0.444 e. The minimum absolute atomic E-state index is 0.0269. The van der Waals surface area contributed by atoms with Crippen LogP contribution in [-0.2, 0) is 14.3 Å². The van der Waals surface area contributed by atoms with Crippen LogP contribution in [0, 0.1) is 0 Å². The van der Waals surface area contributed by atoms with Crippen molar-refractivity contribution in [3.63, 3.8) is 0 Å². The Hall–Kier alpha value is -2.83. The van der Waals surface area contributed by atoms with Crippen molar-refractivity contribution >= 4 is 24.0 Å². The van der Waals surface area contributed by atoms with Crippen molar-refractivity contribution in [1.29, 1.82) is 0 Å². The molecule has 7 heteroatoms. The number of carbonyl (C=O) groups excluding carboxylic acids is 3. The second kappa shape index (κ2) is 16.9. The molecule has 0 aliphatic heterocycles. The standard InChI is InChI=1S/C31H51N3O4/c1-9-12-13-14-15-16-21-34(29(36)24(5)33-30(37)38-31(6,7)8)27(28(35)32-23(4)18-10-2)26-20-17-19-25(11-3)22-26/h11,17,19-20,22-24,27H,3,9-10,12-16,18,21H2,1-2,4-8H3,(H,32,35)(H,33,37). The lowest BCUT2D eigenvalue weighted by Crippen LogP contribution is -2.52. The van der Waals surface area contributed by atoms with E-state index in [9.17, 15) is 14.4 Å². The van der Waals surface area contributed by atoms with Gasteiger partial charge in [-0.15, -0.1) is 0 Å². The fraction of sp³-hybridized carbons (Fsp3) is 0.645. The molecule has 0 aliphatic carbocycles. The summed E-state index contributed by atoms with van der Waals surface area (Å²) in [6.07, 6.45) is 9.16. The molecule has 0 bridgehead atoms. The van der Waals surface area contributed by atoms with Crippen LogP contribution < -0.4 is 10.6 Å². The highest BCUT2D eigenvalue weighted by Crippen LogP contribution is 2.25. The molecular formula is C31H51N3O4. The van der Waals surface area contributed by atoms with Crippen LogP contribution in [0.4, 0.5) is 4.79 Å². The van der Waals surface area contributed by atoms with Gasteiger partial charge < -0.3 is 20.3 Å². The van der Waals surface area contributed by atoms with E-state index < -0.39 is 23.8 Å². The number of nitrogens with zero attached hydrogens (tertiary/aromatic N) is 1. The molecular weight excluding hydrogens is 478 g/mol. The van der Waals surface area contributed by atoms with Gasteiger partial charge in [0.15, 0.2) is 0 Å². The van der Waals surface area contributed by atoms with Gasteiger partial charge in [0.05, 0.1) is 0 Å². The van der Waals surface area contributed by atoms with Crippen LogP contribution in [0.3, 0.4) is 0 Å². The van der Waals surface area contributed by atoms with Gasteiger partial charge in [-0.2, -0.15) is 0 Å². The Bertz CT molecular complexity index is 893. The molecule has 3 amide bonds. The van der Waals surface area contributed by atoms with E-state index in [4.69, 9.17) is 4.74 Å². The summed E-state index contributed by atoms with van der Waals surface area (Å²) in [7, 11) is 0. The summed E-state index contributed by atoms with van der Waals surface area (Å²) in [5, 5.41) is 5.77. The predicted molar refractivity (Wildman–Crippen MR) is 156 cm³/mol. The lowest BCUT2D eigenvalue weighted by Gasteiger charge is -2.34. The molecule has 3 unspecified atom stereocenters. The van der Waals surface area contributed by atoms with E-state index in [2.05, 4.69) is 31.1 Å². The first kappa shape index (κ1) is 33.2. The molecule has 1 rings (SSSR count). The zero-order chi connectivity index (χ0) is 28.7. The number of nitrogens with one attached hydrogen (secondary N) is 2. The van der Waals surface area contributed by atoms with Gasteiger partial charge in [-0.05, 0) is 64.7 Å². The Balaban J connectivity index is 3.33. The van der Waals surface area contributed by atoms with Crippen LogP contribution in [0.15, 0.2) is 30.8 Å². The van der Waals surface area contributed by atoms with Crippen molar-refractivity contribution in [2.75, 3.05) is 6.54 Å². The third-order valence-corrected chi connectivity index (χ3v) is 6.27. The van der Waals surface area contributed by atoms with Gasteiger partial charge >= 0.3 is 6.09 Å². The average molecular weight is 530 g/mol. The summed E-state index contributed by atoms with van der Waals surface area (Å²) in [6, 6.07) is 5.83. The molecule has 2 N–H and O–H groups in total. The smallest absolute Gasteiger partial charge is 0.408 e. The first-order valence-corrected chi connectivity index (χ1v) is 14.3. The highest BCUT2D eigenvalue weighted by molar-refractivity contribution is 5.92. The monoisotopic (exact) mass is 529 g/mol. The van der Waals surface area contributed by atoms with E-state index in [0.717, 1.165) is 50.5 Å². The number of carbonyl (C=O) groups is 3. The topological polar surface area (TPSA) is 87.7 Å². The zero-order valence-corrected chi connectivity index (χ0v) is 24.8. The van der Waals surface area contributed by atoms with Crippen LogP contribution in [0.2, 0.25) is 0 Å². The van der Waals surface area contributed by atoms with E-state index in [-0.39, 0.29) is 17.9 Å². The molecule has 3 atom stereocenters. The maximum Gasteiger partial charge on any atom is 0.408 e. The number of rotatable bonds is 16. The number of benzene rings is 1. The first-order valence-electron chi connectivity index (χ1n) is 14.3. The fourth-order valence-electron chi connectivity index (χ4n) is 4.38. The van der Waals surface area contributed by atoms with Gasteiger partial charge in [0, 0.05) is 12.6 Å². The Labute approximate surface area is 230 Å². The molecule has 0 saturated heterocycles. The lowest BCUT2D eigenvalue weighted by atomic mass is 9.99. The molecule has 0 aromatic heterocycles. The van der Waals surface area contributed by atoms with Crippen LogP contribution in [-0.4, -0.2) is 47.0 Å². The molecule has 0 spiro atoms. The summed E-state index contributed by atoms with van der Waals surface area (Å²) < 4.78 is 5.37. The summed E-state index contributed by atoms with van der Waals surface area (Å²) in [5.41, 5.74) is 0.898. The van der Waals surface area contributed by atoms with Crippen LogP contribution in [0.5, 0.6) is 0 Å². The van der Waals surface area contributed by atoms with Crippen LogP contribution in [0.25, 0.3) is 6.08 Å². The van der Waals surface area contributed by atoms with Crippen LogP contribution >= 0.6 is 0 Å². The molecule has 0 aliphatic rings. The quantitative estimate of drug-likeness (QED) is 0.231. The summed E-state index contributed by atoms with van der Waals surface area (Å²) >= 11 is 0. The number of unbranched alkanes of at least 4 members (excludes halogenated alkanes) is 5. The Morgan fingerprint density at radius 1 is 1.00 bits per heavy atom. The second-order valence-corrected chi connectivity index (χ2v) is 11.1. The Morgan fingerprint density at radius 2 is 1.66 bits per heavy atom. The maximum absolute atomic E-state index is 13.9. The van der Waals surface area contributed by atoms with Crippen molar-refractivity contribution in [2.45, 2.75) is 124 Å². The van der Waals surface area contributed by atoms with Gasteiger partial charge in [-0.25, -0.2) is 4.79 Å². The molecule has 0 heterocycles. The summed E-state index contributed by atoms with van der Waals surface area (Å²) in [5.74, 6) is -0.548. The maximum atomic E-state index is 13.9. The van der Waals surface area contributed by atoms with Gasteiger partial charge in [-0.3, -0.25) is 9.59 Å². The Morgan fingerprint density at radius 3 is 2.26 bits per heavy atom. The SMILES string of the molecule is C=Cc1cccc(C(C(=O)NC(C)CCC)N(CCCCCCCC)C(=O)C(C)NC(=O)OC(C)(C)C)c1. The normalized spacial score (nSPS) is 13.7. The minimum atomic E-state index is -0.865. The van der Waals surface area contributed by atoms with Crippen molar-refractivity contribution < 1.29 is 19.1 Å². The third kappa shape index (κ3) is 12.1. The molecule has 1 aromatic rings. The molecule has 7 nitrogen and oxygen atoms in total. The van der Waals surface area contributed by atoms with Gasteiger partial charge in [0.1, 0.15) is 17.7 Å². The molecule has 1 aromatic carbocycles. The van der Waals surface area contributed by atoms with E-state index in [0.29, 0.717) is 12.1 Å².